The maximum Gasteiger partial charge on any atom is 0.328 e. The molecule has 3 amide bonds. The van der Waals surface area contributed by atoms with Crippen LogP contribution < -0.4 is 27.4 Å². The molecule has 29 heavy (non-hydrogen) atoms. The van der Waals surface area contributed by atoms with Crippen molar-refractivity contribution in [3.63, 3.8) is 0 Å². The number of nitrogens with two attached hydrogens (primary N) is 2. The van der Waals surface area contributed by atoms with Gasteiger partial charge >= 0.3 is 11.9 Å². The van der Waals surface area contributed by atoms with Crippen molar-refractivity contribution in [1.29, 1.82) is 0 Å². The number of carboxylic acid groups (broad SMARTS) is 2. The van der Waals surface area contributed by atoms with E-state index >= 15 is 0 Å². The molecular weight excluding hydrogens is 390 g/mol. The van der Waals surface area contributed by atoms with E-state index in [1.165, 1.54) is 6.92 Å². The molecule has 0 aromatic carbocycles. The van der Waals surface area contributed by atoms with Gasteiger partial charge in [0.25, 0.3) is 0 Å². The molecule has 4 atom stereocenters. The van der Waals surface area contributed by atoms with Gasteiger partial charge in [-0.3, -0.25) is 19.2 Å². The van der Waals surface area contributed by atoms with Crippen LogP contribution in [-0.4, -0.2) is 82.3 Å². The highest BCUT2D eigenvalue weighted by Gasteiger charge is 2.29. The lowest BCUT2D eigenvalue weighted by Gasteiger charge is -2.22. The molecule has 0 aromatic heterocycles. The molecule has 0 rings (SSSR count). The Morgan fingerprint density at radius 3 is 1.97 bits per heavy atom. The molecule has 0 aliphatic carbocycles. The Labute approximate surface area is 167 Å². The molecule has 0 radical (unpaired) electrons. The molecular formula is C16H29N5O8. The van der Waals surface area contributed by atoms with Gasteiger partial charge in [0.15, 0.2) is 0 Å². The van der Waals surface area contributed by atoms with Gasteiger partial charge in [0, 0.05) is 0 Å². The molecule has 13 nitrogen and oxygen atoms in total. The van der Waals surface area contributed by atoms with Crippen LogP contribution in [0.1, 0.15) is 32.6 Å². The number of hydrogen-bond donors (Lipinski definition) is 8. The number of carbonyl (C=O) groups excluding carboxylic acids is 3. The van der Waals surface area contributed by atoms with Crippen LogP contribution in [0.4, 0.5) is 0 Å². The van der Waals surface area contributed by atoms with E-state index in [0.29, 0.717) is 25.8 Å². The second-order valence-electron chi connectivity index (χ2n) is 6.36. The van der Waals surface area contributed by atoms with Crippen molar-refractivity contribution in [1.82, 2.24) is 16.0 Å². The van der Waals surface area contributed by atoms with Gasteiger partial charge in [0.05, 0.1) is 19.1 Å². The fourth-order valence-electron chi connectivity index (χ4n) is 2.16. The second kappa shape index (κ2) is 13.4. The third-order valence-electron chi connectivity index (χ3n) is 3.87. The third kappa shape index (κ3) is 10.4. The normalized spacial score (nSPS) is 14.8. The molecule has 166 valence electrons. The van der Waals surface area contributed by atoms with Gasteiger partial charge in [-0.15, -0.1) is 0 Å². The number of aliphatic carboxylic acids is 2. The molecule has 0 heterocycles. The van der Waals surface area contributed by atoms with Gasteiger partial charge in [-0.1, -0.05) is 6.42 Å². The molecule has 10 N–H and O–H groups in total. The minimum atomic E-state index is -1.57. The highest BCUT2D eigenvalue weighted by Crippen LogP contribution is 2.01. The van der Waals surface area contributed by atoms with Gasteiger partial charge in [0.1, 0.15) is 18.1 Å². The van der Waals surface area contributed by atoms with Gasteiger partial charge in [-0.2, -0.15) is 0 Å². The Morgan fingerprint density at radius 2 is 1.48 bits per heavy atom. The topological polar surface area (TPSA) is 234 Å². The molecule has 0 fully saturated rings. The Hall–Kier alpha value is -2.77. The smallest absolute Gasteiger partial charge is 0.328 e. The first kappa shape index (κ1) is 26.2. The average molecular weight is 419 g/mol. The predicted octanol–water partition coefficient (Wildman–Crippen LogP) is -3.53. The van der Waals surface area contributed by atoms with E-state index in [1.807, 2.05) is 5.32 Å². The monoisotopic (exact) mass is 419 g/mol. The van der Waals surface area contributed by atoms with E-state index in [-0.39, 0.29) is 0 Å². The summed E-state index contributed by atoms with van der Waals surface area (Å²) in [6, 6.07) is -5.29. The van der Waals surface area contributed by atoms with Gasteiger partial charge in [0.2, 0.25) is 17.7 Å². The first-order valence-electron chi connectivity index (χ1n) is 8.95. The van der Waals surface area contributed by atoms with Crippen LogP contribution in [0, 0.1) is 0 Å². The summed E-state index contributed by atoms with van der Waals surface area (Å²) in [6.45, 7) is 0.792. The number of amides is 3. The Bertz CT molecular complexity index is 600. The first-order valence-corrected chi connectivity index (χ1v) is 8.95. The maximum absolute atomic E-state index is 12.3. The Balaban J connectivity index is 4.93. The minimum absolute atomic E-state index is 0.293. The van der Waals surface area contributed by atoms with Crippen molar-refractivity contribution >= 4 is 29.7 Å². The number of nitrogens with one attached hydrogen (secondary N) is 3. The number of rotatable bonds is 14. The molecule has 0 bridgehead atoms. The lowest BCUT2D eigenvalue weighted by molar-refractivity contribution is -0.144. The standard InChI is InChI=1S/C16H29N5O8/c1-8(13(25)21-11(7-22)16(28)29)19-15(27)10(6-12(23)24)20-14(26)9(18)4-2-3-5-17/h8-11,22H,2-7,17-18H2,1H3,(H,19,27)(H,20,26)(H,21,25)(H,23,24)(H,28,29). The van der Waals surface area contributed by atoms with Crippen molar-refractivity contribution in [2.24, 2.45) is 11.5 Å². The number of carboxylic acids is 2. The third-order valence-corrected chi connectivity index (χ3v) is 3.87. The lowest BCUT2D eigenvalue weighted by atomic mass is 10.1. The molecule has 0 aromatic rings. The second-order valence-corrected chi connectivity index (χ2v) is 6.36. The zero-order valence-corrected chi connectivity index (χ0v) is 16.1. The van der Waals surface area contributed by atoms with Crippen LogP contribution in [0.5, 0.6) is 0 Å². The number of carbonyl (C=O) groups is 5. The summed E-state index contributed by atoms with van der Waals surface area (Å²) in [5.41, 5.74) is 11.1. The summed E-state index contributed by atoms with van der Waals surface area (Å²) < 4.78 is 0. The van der Waals surface area contributed by atoms with Crippen LogP contribution in [0.2, 0.25) is 0 Å². The van der Waals surface area contributed by atoms with E-state index in [2.05, 4.69) is 10.6 Å². The summed E-state index contributed by atoms with van der Waals surface area (Å²) in [6.07, 6.45) is 0.766. The van der Waals surface area contributed by atoms with Crippen molar-refractivity contribution < 1.29 is 39.3 Å². The van der Waals surface area contributed by atoms with Gasteiger partial charge in [-0.25, -0.2) is 4.79 Å². The predicted molar refractivity (Wildman–Crippen MR) is 99.3 cm³/mol. The summed E-state index contributed by atoms with van der Waals surface area (Å²) in [7, 11) is 0. The summed E-state index contributed by atoms with van der Waals surface area (Å²) >= 11 is 0. The van der Waals surface area contributed by atoms with Crippen LogP contribution >= 0.6 is 0 Å². The average Bonchev–Trinajstić information content (AvgIpc) is 2.64. The van der Waals surface area contributed by atoms with Gasteiger partial charge < -0.3 is 42.7 Å². The number of unbranched alkanes of at least 4 members (excludes halogenated alkanes) is 1. The molecule has 0 saturated heterocycles. The molecule has 0 saturated carbocycles. The van der Waals surface area contributed by atoms with Crippen molar-refractivity contribution in [3.05, 3.63) is 0 Å². The number of hydrogen-bond acceptors (Lipinski definition) is 8. The fourth-order valence-corrected chi connectivity index (χ4v) is 2.16. The largest absolute Gasteiger partial charge is 0.481 e. The summed E-state index contributed by atoms with van der Waals surface area (Å²) in [4.78, 5) is 58.2. The molecule has 0 aliphatic heterocycles. The minimum Gasteiger partial charge on any atom is -0.481 e. The molecule has 4 unspecified atom stereocenters. The first-order chi connectivity index (χ1) is 13.5. The fraction of sp³-hybridized carbons (Fsp3) is 0.688. The Morgan fingerprint density at radius 1 is 0.897 bits per heavy atom. The zero-order valence-electron chi connectivity index (χ0n) is 16.1. The van der Waals surface area contributed by atoms with Crippen molar-refractivity contribution in [2.45, 2.75) is 56.8 Å². The van der Waals surface area contributed by atoms with E-state index < -0.39 is 66.9 Å². The van der Waals surface area contributed by atoms with E-state index in [9.17, 15) is 24.0 Å². The van der Waals surface area contributed by atoms with E-state index in [1.54, 1.807) is 0 Å². The Kier molecular flexibility index (Phi) is 12.1. The maximum atomic E-state index is 12.3. The molecule has 0 aliphatic rings. The van der Waals surface area contributed by atoms with E-state index in [4.69, 9.17) is 26.8 Å². The van der Waals surface area contributed by atoms with Crippen LogP contribution in [0.15, 0.2) is 0 Å². The number of aliphatic hydroxyl groups excluding tert-OH is 1. The zero-order chi connectivity index (χ0) is 22.6. The number of aliphatic hydroxyl groups is 1. The van der Waals surface area contributed by atoms with Crippen LogP contribution in [0.25, 0.3) is 0 Å². The van der Waals surface area contributed by atoms with E-state index in [0.717, 1.165) is 0 Å². The highest BCUT2D eigenvalue weighted by molar-refractivity contribution is 5.95. The molecule has 13 heteroatoms. The van der Waals surface area contributed by atoms with Crippen molar-refractivity contribution in [3.8, 4) is 0 Å². The SMILES string of the molecule is CC(NC(=O)C(CC(=O)O)NC(=O)C(N)CCCCN)C(=O)NC(CO)C(=O)O. The van der Waals surface area contributed by atoms with Crippen LogP contribution in [0.3, 0.4) is 0 Å². The highest BCUT2D eigenvalue weighted by atomic mass is 16.4. The molecule has 0 spiro atoms. The summed E-state index contributed by atoms with van der Waals surface area (Å²) in [5, 5.41) is 33.1. The van der Waals surface area contributed by atoms with Crippen LogP contribution in [-0.2, 0) is 24.0 Å². The van der Waals surface area contributed by atoms with Crippen molar-refractivity contribution in [2.75, 3.05) is 13.2 Å². The lowest BCUT2D eigenvalue weighted by Crippen LogP contribution is -2.57. The quantitative estimate of drug-likeness (QED) is 0.129. The summed E-state index contributed by atoms with van der Waals surface area (Å²) in [5.74, 6) is -5.46. The van der Waals surface area contributed by atoms with Gasteiger partial charge in [-0.05, 0) is 26.3 Å².